The van der Waals surface area contributed by atoms with E-state index in [1.54, 1.807) is 13.2 Å². The third kappa shape index (κ3) is 4.26. The van der Waals surface area contributed by atoms with Gasteiger partial charge in [-0.2, -0.15) is 0 Å². The first kappa shape index (κ1) is 16.9. The summed E-state index contributed by atoms with van der Waals surface area (Å²) in [6, 6.07) is 1.77. The minimum atomic E-state index is -3.41. The van der Waals surface area contributed by atoms with E-state index in [1.165, 1.54) is 11.3 Å². The third-order valence-electron chi connectivity index (χ3n) is 3.99. The van der Waals surface area contributed by atoms with Crippen LogP contribution < -0.4 is 10.0 Å². The molecule has 5 nitrogen and oxygen atoms in total. The molecule has 1 saturated carbocycles. The fraction of sp³-hybridized carbons (Fsp3) is 0.714. The van der Waals surface area contributed by atoms with Gasteiger partial charge in [0.2, 0.25) is 10.0 Å². The summed E-state index contributed by atoms with van der Waals surface area (Å²) in [4.78, 5) is 2.30. The number of hydrogen-bond donors (Lipinski definition) is 2. The molecule has 0 aromatic carbocycles. The van der Waals surface area contributed by atoms with Gasteiger partial charge < -0.3 is 10.1 Å². The first-order valence-corrected chi connectivity index (χ1v) is 9.45. The summed E-state index contributed by atoms with van der Waals surface area (Å²) in [6.45, 7) is 3.75. The lowest BCUT2D eigenvalue weighted by Crippen LogP contribution is -2.31. The predicted molar refractivity (Wildman–Crippen MR) is 85.2 cm³/mol. The predicted octanol–water partition coefficient (Wildman–Crippen LogP) is 1.87. The second-order valence-corrected chi connectivity index (χ2v) is 8.81. The van der Waals surface area contributed by atoms with Crippen molar-refractivity contribution in [3.63, 3.8) is 0 Å². The first-order valence-electron chi connectivity index (χ1n) is 7.15. The molecule has 1 aliphatic rings. The Bertz CT molecular complexity index is 577. The van der Waals surface area contributed by atoms with Gasteiger partial charge in [-0.05, 0) is 44.7 Å². The van der Waals surface area contributed by atoms with Gasteiger partial charge in [-0.3, -0.25) is 0 Å². The smallest absolute Gasteiger partial charge is 0.241 e. The van der Waals surface area contributed by atoms with Gasteiger partial charge in [-0.15, -0.1) is 11.3 Å². The van der Waals surface area contributed by atoms with Gasteiger partial charge >= 0.3 is 0 Å². The number of rotatable bonds is 9. The summed E-state index contributed by atoms with van der Waals surface area (Å²) < 4.78 is 32.8. The molecule has 0 amide bonds. The lowest BCUT2D eigenvalue weighted by Gasteiger charge is -2.15. The van der Waals surface area contributed by atoms with Gasteiger partial charge in [0.25, 0.3) is 0 Å². The molecular weight excluding hydrogens is 308 g/mol. The van der Waals surface area contributed by atoms with Crippen LogP contribution in [0.3, 0.4) is 0 Å². The molecule has 0 atom stereocenters. The fourth-order valence-electron chi connectivity index (χ4n) is 2.39. The van der Waals surface area contributed by atoms with Crippen LogP contribution in [0, 0.1) is 12.3 Å². The van der Waals surface area contributed by atoms with Gasteiger partial charge in [0.15, 0.2) is 0 Å². The minimum Gasteiger partial charge on any atom is -0.385 e. The van der Waals surface area contributed by atoms with E-state index in [4.69, 9.17) is 4.74 Å². The Morgan fingerprint density at radius 1 is 1.43 bits per heavy atom. The van der Waals surface area contributed by atoms with Gasteiger partial charge in [0, 0.05) is 36.6 Å². The molecule has 0 spiro atoms. The van der Waals surface area contributed by atoms with E-state index in [0.29, 0.717) is 24.6 Å². The van der Waals surface area contributed by atoms with Crippen molar-refractivity contribution in [1.82, 2.24) is 10.0 Å². The first-order chi connectivity index (χ1) is 9.92. The van der Waals surface area contributed by atoms with Crippen LogP contribution in [0.1, 0.15) is 29.0 Å². The molecule has 2 N–H and O–H groups in total. The standard InChI is InChI=1S/C14H24N2O3S2/c1-11-13(8-12(20-11)9-15-2)21(17,18)16-10-14(4-5-14)6-7-19-3/h8,15-16H,4-7,9-10H2,1-3H3. The van der Waals surface area contributed by atoms with Crippen LogP contribution in [0.15, 0.2) is 11.0 Å². The van der Waals surface area contributed by atoms with Crippen molar-refractivity contribution in [1.29, 1.82) is 0 Å². The molecule has 120 valence electrons. The minimum absolute atomic E-state index is 0.112. The van der Waals surface area contributed by atoms with E-state index in [2.05, 4.69) is 10.0 Å². The molecule has 0 bridgehead atoms. The Hall–Kier alpha value is -0.470. The van der Waals surface area contributed by atoms with Crippen molar-refractivity contribution in [2.24, 2.45) is 5.41 Å². The molecule has 1 aliphatic carbocycles. The second kappa shape index (κ2) is 6.75. The van der Waals surface area contributed by atoms with E-state index in [0.717, 1.165) is 29.0 Å². The van der Waals surface area contributed by atoms with Crippen molar-refractivity contribution < 1.29 is 13.2 Å². The Kier molecular flexibility index (Phi) is 5.43. The zero-order valence-corrected chi connectivity index (χ0v) is 14.5. The van der Waals surface area contributed by atoms with Crippen molar-refractivity contribution in [2.45, 2.75) is 37.6 Å². The summed E-state index contributed by atoms with van der Waals surface area (Å²) in [5.41, 5.74) is 0.112. The Morgan fingerprint density at radius 2 is 2.14 bits per heavy atom. The van der Waals surface area contributed by atoms with Crippen LogP contribution in [0.5, 0.6) is 0 Å². The average molecular weight is 332 g/mol. The Balaban J connectivity index is 2.02. The summed E-state index contributed by atoms with van der Waals surface area (Å²) in [5.74, 6) is 0. The van der Waals surface area contributed by atoms with Crippen LogP contribution in [0.4, 0.5) is 0 Å². The van der Waals surface area contributed by atoms with Crippen molar-refractivity contribution in [2.75, 3.05) is 27.3 Å². The molecule has 1 heterocycles. The fourth-order valence-corrected chi connectivity index (χ4v) is 5.19. The quantitative estimate of drug-likeness (QED) is 0.724. The van der Waals surface area contributed by atoms with E-state index >= 15 is 0 Å². The summed E-state index contributed by atoms with van der Waals surface area (Å²) in [5, 5.41) is 3.05. The number of ether oxygens (including phenoxy) is 1. The molecule has 0 radical (unpaired) electrons. The molecule has 0 aliphatic heterocycles. The number of nitrogens with one attached hydrogen (secondary N) is 2. The van der Waals surface area contributed by atoms with E-state index in [-0.39, 0.29) is 5.41 Å². The van der Waals surface area contributed by atoms with E-state index in [9.17, 15) is 8.42 Å². The highest BCUT2D eigenvalue weighted by molar-refractivity contribution is 7.89. The SMILES string of the molecule is CNCc1cc(S(=O)(=O)NCC2(CCOC)CC2)c(C)s1. The lowest BCUT2D eigenvalue weighted by atomic mass is 10.0. The maximum Gasteiger partial charge on any atom is 0.241 e. The van der Waals surface area contributed by atoms with Gasteiger partial charge in [0.1, 0.15) is 0 Å². The zero-order chi connectivity index (χ0) is 15.5. The molecule has 1 fully saturated rings. The number of hydrogen-bond acceptors (Lipinski definition) is 5. The largest absolute Gasteiger partial charge is 0.385 e. The van der Waals surface area contributed by atoms with Crippen LogP contribution in [0.25, 0.3) is 0 Å². The molecule has 0 unspecified atom stereocenters. The Morgan fingerprint density at radius 3 is 2.71 bits per heavy atom. The maximum absolute atomic E-state index is 12.5. The third-order valence-corrected chi connectivity index (χ3v) is 6.70. The summed E-state index contributed by atoms with van der Waals surface area (Å²) >= 11 is 1.53. The normalized spacial score (nSPS) is 17.1. The molecule has 1 aromatic rings. The van der Waals surface area contributed by atoms with E-state index in [1.807, 2.05) is 14.0 Å². The van der Waals surface area contributed by atoms with Crippen molar-refractivity contribution in [3.8, 4) is 0 Å². The van der Waals surface area contributed by atoms with E-state index < -0.39 is 10.0 Å². The van der Waals surface area contributed by atoms with Gasteiger partial charge in [-0.25, -0.2) is 13.1 Å². The van der Waals surface area contributed by atoms with Crippen LogP contribution in [0.2, 0.25) is 0 Å². The molecule has 1 aromatic heterocycles. The lowest BCUT2D eigenvalue weighted by molar-refractivity contribution is 0.173. The molecule has 0 saturated heterocycles. The Labute approximate surface area is 131 Å². The number of methoxy groups -OCH3 is 1. The zero-order valence-electron chi connectivity index (χ0n) is 12.9. The van der Waals surface area contributed by atoms with Crippen LogP contribution in [-0.4, -0.2) is 35.7 Å². The summed E-state index contributed by atoms with van der Waals surface area (Å²) in [6.07, 6.45) is 3.07. The highest BCUT2D eigenvalue weighted by atomic mass is 32.2. The highest BCUT2D eigenvalue weighted by Crippen LogP contribution is 2.48. The van der Waals surface area contributed by atoms with Gasteiger partial charge in [0.05, 0.1) is 4.90 Å². The molecule has 21 heavy (non-hydrogen) atoms. The van der Waals surface area contributed by atoms with Crippen molar-refractivity contribution in [3.05, 3.63) is 15.8 Å². The van der Waals surface area contributed by atoms with Crippen LogP contribution in [-0.2, 0) is 21.3 Å². The molecule has 7 heteroatoms. The number of thiophene rings is 1. The maximum atomic E-state index is 12.5. The number of sulfonamides is 1. The summed E-state index contributed by atoms with van der Waals surface area (Å²) in [7, 11) is 0.119. The highest BCUT2D eigenvalue weighted by Gasteiger charge is 2.42. The average Bonchev–Trinajstić information content (AvgIpc) is 3.11. The van der Waals surface area contributed by atoms with Gasteiger partial charge in [-0.1, -0.05) is 0 Å². The second-order valence-electron chi connectivity index (χ2n) is 5.73. The molecular formula is C14H24N2O3S2. The number of aryl methyl sites for hydroxylation is 1. The topological polar surface area (TPSA) is 67.4 Å². The molecule has 2 rings (SSSR count). The van der Waals surface area contributed by atoms with Crippen LogP contribution >= 0.6 is 11.3 Å². The monoisotopic (exact) mass is 332 g/mol. The van der Waals surface area contributed by atoms with Crippen molar-refractivity contribution >= 4 is 21.4 Å².